The van der Waals surface area contributed by atoms with Gasteiger partial charge < -0.3 is 19.7 Å². The quantitative estimate of drug-likeness (QED) is 0.499. The van der Waals surface area contributed by atoms with E-state index in [1.807, 2.05) is 6.07 Å². The minimum Gasteiger partial charge on any atom is -0.484 e. The van der Waals surface area contributed by atoms with Gasteiger partial charge in [-0.1, -0.05) is 18.2 Å². The molecule has 1 fully saturated rings. The molecule has 8 heteroatoms. The number of ether oxygens (including phenoxy) is 2. The van der Waals surface area contributed by atoms with Gasteiger partial charge in [0, 0.05) is 24.2 Å². The number of carbonyl (C=O) groups is 4. The Labute approximate surface area is 173 Å². The van der Waals surface area contributed by atoms with Gasteiger partial charge in [0.1, 0.15) is 12.3 Å². The molecule has 30 heavy (non-hydrogen) atoms. The van der Waals surface area contributed by atoms with Gasteiger partial charge in [0.05, 0.1) is 0 Å². The second-order valence-electron chi connectivity index (χ2n) is 6.66. The van der Waals surface area contributed by atoms with E-state index in [0.717, 1.165) is 12.1 Å². The highest BCUT2D eigenvalue weighted by Crippen LogP contribution is 2.21. The van der Waals surface area contributed by atoms with Crippen LogP contribution in [0.1, 0.15) is 23.2 Å². The van der Waals surface area contributed by atoms with Crippen LogP contribution in [0.2, 0.25) is 0 Å². The van der Waals surface area contributed by atoms with E-state index in [1.165, 1.54) is 0 Å². The SMILES string of the molecule is O=C(COc1ccccc1)NCC(=O)OCC(=O)c1ccc(N2CCCC2=O)cc1. The lowest BCUT2D eigenvalue weighted by Crippen LogP contribution is -2.34. The Hall–Kier alpha value is -3.68. The van der Waals surface area contributed by atoms with Crippen LogP contribution < -0.4 is 15.0 Å². The number of anilines is 1. The number of nitrogens with one attached hydrogen (secondary N) is 1. The summed E-state index contributed by atoms with van der Waals surface area (Å²) in [6, 6.07) is 15.4. The minimum atomic E-state index is -0.726. The number of ketones is 1. The Balaban J connectivity index is 1.37. The molecule has 3 rings (SSSR count). The predicted octanol–water partition coefficient (Wildman–Crippen LogP) is 1.73. The van der Waals surface area contributed by atoms with E-state index >= 15 is 0 Å². The summed E-state index contributed by atoms with van der Waals surface area (Å²) < 4.78 is 10.2. The highest BCUT2D eigenvalue weighted by Gasteiger charge is 2.21. The van der Waals surface area contributed by atoms with Crippen molar-refractivity contribution in [1.82, 2.24) is 5.32 Å². The molecule has 1 aliphatic heterocycles. The van der Waals surface area contributed by atoms with Gasteiger partial charge in [-0.25, -0.2) is 0 Å². The van der Waals surface area contributed by atoms with Gasteiger partial charge in [-0.2, -0.15) is 0 Å². The number of esters is 1. The molecule has 2 aromatic carbocycles. The topological polar surface area (TPSA) is 102 Å². The van der Waals surface area contributed by atoms with Crippen LogP contribution in [0.3, 0.4) is 0 Å². The van der Waals surface area contributed by atoms with Crippen LogP contribution in [-0.4, -0.2) is 49.9 Å². The summed E-state index contributed by atoms with van der Waals surface area (Å²) in [7, 11) is 0. The number of amides is 2. The number of nitrogens with zero attached hydrogens (tertiary/aromatic N) is 1. The molecule has 0 unspecified atom stereocenters. The molecule has 1 heterocycles. The van der Waals surface area contributed by atoms with Crippen LogP contribution in [0, 0.1) is 0 Å². The van der Waals surface area contributed by atoms with Crippen LogP contribution in [-0.2, 0) is 19.1 Å². The molecule has 0 aromatic heterocycles. The zero-order chi connectivity index (χ0) is 21.3. The van der Waals surface area contributed by atoms with Gasteiger partial charge in [0.15, 0.2) is 19.0 Å². The van der Waals surface area contributed by atoms with Crippen LogP contribution in [0.25, 0.3) is 0 Å². The van der Waals surface area contributed by atoms with E-state index < -0.39 is 18.5 Å². The van der Waals surface area contributed by atoms with E-state index in [9.17, 15) is 19.2 Å². The first-order chi connectivity index (χ1) is 14.5. The van der Waals surface area contributed by atoms with Gasteiger partial charge in [-0.05, 0) is 42.8 Å². The maximum absolute atomic E-state index is 12.2. The molecule has 0 bridgehead atoms. The normalized spacial score (nSPS) is 13.1. The van der Waals surface area contributed by atoms with Crippen molar-refractivity contribution in [3.63, 3.8) is 0 Å². The van der Waals surface area contributed by atoms with Crippen molar-refractivity contribution in [3.05, 3.63) is 60.2 Å². The summed E-state index contributed by atoms with van der Waals surface area (Å²) in [6.45, 7) is -0.356. The molecule has 1 aliphatic rings. The smallest absolute Gasteiger partial charge is 0.325 e. The van der Waals surface area contributed by atoms with Gasteiger partial charge in [-0.3, -0.25) is 19.2 Å². The van der Waals surface area contributed by atoms with Crippen molar-refractivity contribution in [1.29, 1.82) is 0 Å². The van der Waals surface area contributed by atoms with Crippen molar-refractivity contribution in [2.75, 3.05) is 31.2 Å². The number of hydrogen-bond donors (Lipinski definition) is 1. The van der Waals surface area contributed by atoms with Gasteiger partial charge in [0.2, 0.25) is 5.91 Å². The molecule has 1 saturated heterocycles. The maximum atomic E-state index is 12.2. The minimum absolute atomic E-state index is 0.0687. The molecule has 156 valence electrons. The molecule has 0 aliphatic carbocycles. The predicted molar refractivity (Wildman–Crippen MR) is 108 cm³/mol. The summed E-state index contributed by atoms with van der Waals surface area (Å²) in [6.07, 6.45) is 1.36. The van der Waals surface area contributed by atoms with Crippen LogP contribution in [0.15, 0.2) is 54.6 Å². The Morgan fingerprint density at radius 3 is 2.37 bits per heavy atom. The number of rotatable bonds is 9. The van der Waals surface area contributed by atoms with Crippen molar-refractivity contribution >= 4 is 29.3 Å². The first kappa shape index (κ1) is 21.0. The number of hydrogen-bond acceptors (Lipinski definition) is 6. The fourth-order valence-electron chi connectivity index (χ4n) is 2.92. The Kier molecular flexibility index (Phi) is 7.15. The summed E-state index contributed by atoms with van der Waals surface area (Å²) in [5, 5.41) is 2.37. The first-order valence-corrected chi connectivity index (χ1v) is 9.57. The second-order valence-corrected chi connectivity index (χ2v) is 6.66. The highest BCUT2D eigenvalue weighted by atomic mass is 16.5. The number of para-hydroxylation sites is 1. The van der Waals surface area contributed by atoms with Crippen molar-refractivity contribution < 1.29 is 28.7 Å². The van der Waals surface area contributed by atoms with Gasteiger partial charge in [-0.15, -0.1) is 0 Å². The van der Waals surface area contributed by atoms with Gasteiger partial charge >= 0.3 is 5.97 Å². The van der Waals surface area contributed by atoms with Crippen LogP contribution >= 0.6 is 0 Å². The molecular formula is C22H22N2O6. The fourth-order valence-corrected chi connectivity index (χ4v) is 2.92. The monoisotopic (exact) mass is 410 g/mol. The molecule has 0 spiro atoms. The lowest BCUT2D eigenvalue weighted by atomic mass is 10.1. The third kappa shape index (κ3) is 5.91. The summed E-state index contributed by atoms with van der Waals surface area (Å²) in [5.74, 6) is -0.966. The lowest BCUT2D eigenvalue weighted by Gasteiger charge is -2.15. The van der Waals surface area contributed by atoms with E-state index in [2.05, 4.69) is 5.32 Å². The summed E-state index contributed by atoms with van der Waals surface area (Å²) in [4.78, 5) is 49.1. The number of carbonyl (C=O) groups excluding carboxylic acids is 4. The fraction of sp³-hybridized carbons (Fsp3) is 0.273. The van der Waals surface area contributed by atoms with E-state index in [-0.39, 0.29) is 24.8 Å². The Morgan fingerprint density at radius 1 is 0.967 bits per heavy atom. The zero-order valence-electron chi connectivity index (χ0n) is 16.3. The first-order valence-electron chi connectivity index (χ1n) is 9.57. The summed E-state index contributed by atoms with van der Waals surface area (Å²) >= 11 is 0. The van der Waals surface area contributed by atoms with E-state index in [4.69, 9.17) is 9.47 Å². The maximum Gasteiger partial charge on any atom is 0.325 e. The molecule has 1 N–H and O–H groups in total. The molecule has 8 nitrogen and oxygen atoms in total. The molecule has 0 radical (unpaired) electrons. The average Bonchev–Trinajstić information content (AvgIpc) is 3.21. The van der Waals surface area contributed by atoms with Crippen LogP contribution in [0.5, 0.6) is 5.75 Å². The average molecular weight is 410 g/mol. The molecule has 0 atom stereocenters. The standard InChI is InChI=1S/C22H22N2O6/c25-19(16-8-10-17(11-9-16)24-12-4-7-21(24)27)14-30-22(28)13-23-20(26)15-29-18-5-2-1-3-6-18/h1-3,5-6,8-11H,4,7,12-15H2,(H,23,26). The highest BCUT2D eigenvalue weighted by molar-refractivity contribution is 5.99. The van der Waals surface area contributed by atoms with Gasteiger partial charge in [0.25, 0.3) is 5.91 Å². The molecular weight excluding hydrogens is 388 g/mol. The lowest BCUT2D eigenvalue weighted by molar-refractivity contribution is -0.143. The van der Waals surface area contributed by atoms with E-state index in [0.29, 0.717) is 24.3 Å². The second kappa shape index (κ2) is 10.2. The van der Waals surface area contributed by atoms with Crippen LogP contribution in [0.4, 0.5) is 5.69 Å². The Morgan fingerprint density at radius 2 is 1.70 bits per heavy atom. The van der Waals surface area contributed by atoms with Crippen molar-refractivity contribution in [2.24, 2.45) is 0 Å². The Bertz CT molecular complexity index is 911. The molecule has 2 amide bonds. The van der Waals surface area contributed by atoms with Crippen molar-refractivity contribution in [3.8, 4) is 5.75 Å². The molecule has 0 saturated carbocycles. The summed E-state index contributed by atoms with van der Waals surface area (Å²) in [5.41, 5.74) is 1.12. The third-order valence-corrected chi connectivity index (χ3v) is 4.48. The molecule has 2 aromatic rings. The van der Waals surface area contributed by atoms with E-state index in [1.54, 1.807) is 53.4 Å². The zero-order valence-corrected chi connectivity index (χ0v) is 16.3. The third-order valence-electron chi connectivity index (χ3n) is 4.48. The number of Topliss-reactive ketones (excluding diaryl/α,β-unsaturated/α-hetero) is 1. The largest absolute Gasteiger partial charge is 0.484 e. The number of benzene rings is 2. The van der Waals surface area contributed by atoms with Crippen molar-refractivity contribution in [2.45, 2.75) is 12.8 Å².